The summed E-state index contributed by atoms with van der Waals surface area (Å²) >= 11 is 0. The average Bonchev–Trinajstić information content (AvgIpc) is 3.09. The van der Waals surface area contributed by atoms with E-state index in [4.69, 9.17) is 9.26 Å². The summed E-state index contributed by atoms with van der Waals surface area (Å²) in [7, 11) is 1.59. The van der Waals surface area contributed by atoms with E-state index in [1.807, 2.05) is 12.1 Å². The lowest BCUT2D eigenvalue weighted by Crippen LogP contribution is -2.27. The lowest BCUT2D eigenvalue weighted by atomic mass is 10.0. The Morgan fingerprint density at radius 2 is 2.32 bits per heavy atom. The Morgan fingerprint density at radius 3 is 3.00 bits per heavy atom. The Bertz CT molecular complexity index is 665. The van der Waals surface area contributed by atoms with Crippen molar-refractivity contribution < 1.29 is 14.1 Å². The third-order valence-electron chi connectivity index (χ3n) is 3.49. The number of nitrogens with zero attached hydrogens (tertiary/aromatic N) is 3. The molecule has 136 valence electrons. The van der Waals surface area contributed by atoms with Crippen LogP contribution in [0.15, 0.2) is 22.9 Å². The molecule has 3 rings (SSSR count). The number of anilines is 1. The number of nitrogens with two attached hydrogens (primary N) is 1. The van der Waals surface area contributed by atoms with E-state index in [1.165, 1.54) is 19.8 Å². The molecule has 1 aliphatic heterocycles. The summed E-state index contributed by atoms with van der Waals surface area (Å²) in [6, 6.07) is 3.90. The van der Waals surface area contributed by atoms with Crippen LogP contribution in [0.1, 0.15) is 43.9 Å². The van der Waals surface area contributed by atoms with E-state index >= 15 is 0 Å². The summed E-state index contributed by atoms with van der Waals surface area (Å²) in [5.41, 5.74) is 5.37. The van der Waals surface area contributed by atoms with Gasteiger partial charge in [-0.25, -0.2) is 4.98 Å². The number of rotatable bonds is 5. The van der Waals surface area contributed by atoms with Gasteiger partial charge in [-0.15, -0.1) is 0 Å². The number of nitrogens with one attached hydrogen (secondary N) is 2. The number of carbonyl (C=O) groups excluding carboxylic acids is 1. The van der Waals surface area contributed by atoms with Crippen molar-refractivity contribution in [1.29, 1.82) is 0 Å². The molecule has 1 aliphatic rings. The van der Waals surface area contributed by atoms with E-state index < -0.39 is 0 Å². The van der Waals surface area contributed by atoms with Gasteiger partial charge in [-0.2, -0.15) is 4.98 Å². The number of piperidine rings is 1. The van der Waals surface area contributed by atoms with E-state index in [9.17, 15) is 4.79 Å². The molecule has 9 nitrogen and oxygen atoms in total. The Labute approximate surface area is 146 Å². The molecule has 0 spiro atoms. The van der Waals surface area contributed by atoms with Gasteiger partial charge in [0.05, 0.1) is 19.7 Å². The smallest absolute Gasteiger partial charge is 0.245 e. The van der Waals surface area contributed by atoms with Gasteiger partial charge < -0.3 is 25.6 Å². The summed E-state index contributed by atoms with van der Waals surface area (Å²) in [6.07, 6.45) is 5.17. The SMILES string of the molecule is CC(N)=O.COc1cc(NCc2nc(C3CCCCN3)no2)ccn1. The minimum Gasteiger partial charge on any atom is -0.481 e. The number of ether oxygens (including phenoxy) is 1. The van der Waals surface area contributed by atoms with Crippen molar-refractivity contribution in [3.63, 3.8) is 0 Å². The normalized spacial score (nSPS) is 16.5. The molecular formula is C16H24N6O3. The van der Waals surface area contributed by atoms with Crippen molar-refractivity contribution in [3.8, 4) is 5.88 Å². The van der Waals surface area contributed by atoms with Gasteiger partial charge in [0.25, 0.3) is 0 Å². The van der Waals surface area contributed by atoms with Gasteiger partial charge in [0, 0.05) is 24.9 Å². The van der Waals surface area contributed by atoms with E-state index in [-0.39, 0.29) is 11.9 Å². The third kappa shape index (κ3) is 6.38. The quantitative estimate of drug-likeness (QED) is 0.739. The van der Waals surface area contributed by atoms with Gasteiger partial charge in [0.15, 0.2) is 5.82 Å². The molecule has 0 radical (unpaired) electrons. The highest BCUT2D eigenvalue weighted by Crippen LogP contribution is 2.20. The molecule has 0 bridgehead atoms. The van der Waals surface area contributed by atoms with E-state index in [1.54, 1.807) is 13.3 Å². The summed E-state index contributed by atoms with van der Waals surface area (Å²) in [4.78, 5) is 17.7. The topological polar surface area (TPSA) is 128 Å². The zero-order valence-electron chi connectivity index (χ0n) is 14.5. The number of methoxy groups -OCH3 is 1. The fourth-order valence-electron chi connectivity index (χ4n) is 2.36. The second-order valence-electron chi connectivity index (χ2n) is 5.60. The number of pyridine rings is 1. The molecule has 4 N–H and O–H groups in total. The highest BCUT2D eigenvalue weighted by molar-refractivity contribution is 5.70. The third-order valence-corrected chi connectivity index (χ3v) is 3.49. The predicted octanol–water partition coefficient (Wildman–Crippen LogP) is 1.39. The molecule has 1 fully saturated rings. The first-order chi connectivity index (χ1) is 12.1. The van der Waals surface area contributed by atoms with E-state index in [0.717, 1.165) is 24.5 Å². The fraction of sp³-hybridized carbons (Fsp3) is 0.500. The molecular weight excluding hydrogens is 324 g/mol. The van der Waals surface area contributed by atoms with Gasteiger partial charge in [0.1, 0.15) is 0 Å². The van der Waals surface area contributed by atoms with Crippen LogP contribution in [0.5, 0.6) is 5.88 Å². The Morgan fingerprint density at radius 1 is 1.52 bits per heavy atom. The molecule has 1 saturated heterocycles. The molecule has 1 amide bonds. The Kier molecular flexibility index (Phi) is 7.15. The van der Waals surface area contributed by atoms with Crippen LogP contribution in [-0.2, 0) is 11.3 Å². The lowest BCUT2D eigenvalue weighted by molar-refractivity contribution is -0.115. The second-order valence-corrected chi connectivity index (χ2v) is 5.60. The molecule has 1 unspecified atom stereocenters. The molecule has 2 aromatic heterocycles. The van der Waals surface area contributed by atoms with Crippen molar-refractivity contribution in [3.05, 3.63) is 30.0 Å². The molecule has 25 heavy (non-hydrogen) atoms. The number of aromatic nitrogens is 3. The molecule has 0 saturated carbocycles. The van der Waals surface area contributed by atoms with Gasteiger partial charge in [-0.05, 0) is 25.5 Å². The maximum absolute atomic E-state index is 9.22. The highest BCUT2D eigenvalue weighted by Gasteiger charge is 2.20. The first-order valence-electron chi connectivity index (χ1n) is 8.14. The standard InChI is InChI=1S/C14H19N5O2.C2H5NO/c1-20-12-8-10(5-7-16-12)17-9-13-18-14(19-21-13)11-4-2-3-6-15-11;1-2(3)4/h5,7-8,11,15H,2-4,6,9H2,1H3,(H,16,17);1H3,(H2,3,4). The highest BCUT2D eigenvalue weighted by atomic mass is 16.5. The molecule has 9 heteroatoms. The fourth-order valence-corrected chi connectivity index (χ4v) is 2.36. The lowest BCUT2D eigenvalue weighted by Gasteiger charge is -2.19. The van der Waals surface area contributed by atoms with Crippen molar-refractivity contribution >= 4 is 11.6 Å². The van der Waals surface area contributed by atoms with Gasteiger partial charge in [-0.3, -0.25) is 4.79 Å². The van der Waals surface area contributed by atoms with Crippen LogP contribution < -0.4 is 21.1 Å². The molecule has 1 atom stereocenters. The molecule has 0 aromatic carbocycles. The zero-order chi connectivity index (χ0) is 18.1. The first kappa shape index (κ1) is 18.7. The van der Waals surface area contributed by atoms with Crippen LogP contribution in [0.3, 0.4) is 0 Å². The van der Waals surface area contributed by atoms with Crippen LogP contribution in [-0.4, -0.2) is 34.7 Å². The maximum Gasteiger partial charge on any atom is 0.245 e. The number of primary amides is 1. The Balaban J connectivity index is 0.000000511. The van der Waals surface area contributed by atoms with Crippen molar-refractivity contribution in [1.82, 2.24) is 20.4 Å². The van der Waals surface area contributed by atoms with Crippen LogP contribution in [0, 0.1) is 0 Å². The monoisotopic (exact) mass is 348 g/mol. The summed E-state index contributed by atoms with van der Waals surface area (Å²) in [6.45, 7) is 2.80. The Hall–Kier alpha value is -2.68. The molecule has 2 aromatic rings. The van der Waals surface area contributed by atoms with E-state index in [0.29, 0.717) is 18.3 Å². The van der Waals surface area contributed by atoms with Gasteiger partial charge in [0.2, 0.25) is 17.7 Å². The molecule has 3 heterocycles. The van der Waals surface area contributed by atoms with Crippen molar-refractivity contribution in [2.75, 3.05) is 19.0 Å². The van der Waals surface area contributed by atoms with Crippen LogP contribution in [0.4, 0.5) is 5.69 Å². The minimum atomic E-state index is -0.333. The first-order valence-corrected chi connectivity index (χ1v) is 8.14. The second kappa shape index (κ2) is 9.58. The van der Waals surface area contributed by atoms with Crippen molar-refractivity contribution in [2.45, 2.75) is 38.8 Å². The van der Waals surface area contributed by atoms with Crippen LogP contribution in [0.2, 0.25) is 0 Å². The van der Waals surface area contributed by atoms with Gasteiger partial charge >= 0.3 is 0 Å². The minimum absolute atomic E-state index is 0.220. The number of hydrogen-bond acceptors (Lipinski definition) is 8. The molecule has 0 aliphatic carbocycles. The number of carbonyl (C=O) groups is 1. The largest absolute Gasteiger partial charge is 0.481 e. The van der Waals surface area contributed by atoms with Crippen molar-refractivity contribution in [2.24, 2.45) is 5.73 Å². The van der Waals surface area contributed by atoms with Gasteiger partial charge in [-0.1, -0.05) is 11.6 Å². The predicted molar refractivity (Wildman–Crippen MR) is 91.9 cm³/mol. The van der Waals surface area contributed by atoms with E-state index in [2.05, 4.69) is 31.5 Å². The number of hydrogen-bond donors (Lipinski definition) is 3. The average molecular weight is 348 g/mol. The summed E-state index contributed by atoms with van der Waals surface area (Å²) in [5, 5.41) is 10.7. The van der Waals surface area contributed by atoms with Crippen LogP contribution >= 0.6 is 0 Å². The summed E-state index contributed by atoms with van der Waals surface area (Å²) < 4.78 is 10.4. The maximum atomic E-state index is 9.22. The number of amides is 1. The zero-order valence-corrected chi connectivity index (χ0v) is 14.5. The van der Waals surface area contributed by atoms with Crippen LogP contribution in [0.25, 0.3) is 0 Å². The summed E-state index contributed by atoms with van der Waals surface area (Å²) in [5.74, 6) is 1.56.